The number of alkyl halides is 2. The van der Waals surface area contributed by atoms with E-state index in [9.17, 15) is 18.4 Å². The number of hydrogen-bond donors (Lipinski definition) is 2. The molecule has 218 valence electrons. The zero-order chi connectivity index (χ0) is 29.3. The first kappa shape index (κ1) is 28.6. The van der Waals surface area contributed by atoms with Crippen molar-refractivity contribution in [1.29, 1.82) is 0 Å². The SMILES string of the molecule is CC1CN(c2cc(F)c(-c3ccnc(N4CCOCC4)n3)cc2NC(=O)c2c[nH]c(=O)cc2C(F)F)CC(C)N1C. The molecule has 13 heteroatoms. The number of morpholine rings is 1. The minimum Gasteiger partial charge on any atom is -0.378 e. The van der Waals surface area contributed by atoms with Crippen molar-refractivity contribution >= 4 is 23.2 Å². The van der Waals surface area contributed by atoms with Gasteiger partial charge in [0.05, 0.1) is 35.8 Å². The highest BCUT2D eigenvalue weighted by atomic mass is 19.3. The van der Waals surface area contributed by atoms with Gasteiger partial charge in [-0.3, -0.25) is 14.5 Å². The number of likely N-dealkylation sites (N-methyl/N-ethyl adjacent to an activating group) is 1. The number of carbonyl (C=O) groups is 1. The zero-order valence-corrected chi connectivity index (χ0v) is 23.0. The highest BCUT2D eigenvalue weighted by molar-refractivity contribution is 6.07. The van der Waals surface area contributed by atoms with Crippen molar-refractivity contribution in [2.75, 3.05) is 61.6 Å². The first-order valence-corrected chi connectivity index (χ1v) is 13.4. The van der Waals surface area contributed by atoms with Crippen molar-refractivity contribution in [2.45, 2.75) is 32.4 Å². The van der Waals surface area contributed by atoms with Gasteiger partial charge in [0.25, 0.3) is 12.3 Å². The molecule has 0 bridgehead atoms. The second-order valence-electron chi connectivity index (χ2n) is 10.4. The molecule has 41 heavy (non-hydrogen) atoms. The van der Waals surface area contributed by atoms with Crippen molar-refractivity contribution < 1.29 is 22.7 Å². The molecule has 4 heterocycles. The molecule has 2 atom stereocenters. The van der Waals surface area contributed by atoms with E-state index in [0.717, 1.165) is 6.20 Å². The van der Waals surface area contributed by atoms with Gasteiger partial charge in [0, 0.05) is 67.8 Å². The van der Waals surface area contributed by atoms with Gasteiger partial charge in [0.2, 0.25) is 11.5 Å². The third kappa shape index (κ3) is 6.05. The van der Waals surface area contributed by atoms with Crippen LogP contribution in [0, 0.1) is 5.82 Å². The van der Waals surface area contributed by atoms with Gasteiger partial charge in [-0.1, -0.05) is 0 Å². The maximum absolute atomic E-state index is 15.8. The van der Waals surface area contributed by atoms with Crippen LogP contribution < -0.4 is 20.7 Å². The Kier molecular flexibility index (Phi) is 8.27. The van der Waals surface area contributed by atoms with Crippen molar-refractivity contribution in [2.24, 2.45) is 0 Å². The molecule has 10 nitrogen and oxygen atoms in total. The summed E-state index contributed by atoms with van der Waals surface area (Å²) in [6.07, 6.45) is -0.541. The van der Waals surface area contributed by atoms with Gasteiger partial charge in [0.15, 0.2) is 0 Å². The molecular formula is C28H32F3N7O3. The van der Waals surface area contributed by atoms with Gasteiger partial charge >= 0.3 is 0 Å². The molecule has 2 N–H and O–H groups in total. The summed E-state index contributed by atoms with van der Waals surface area (Å²) in [6, 6.07) is 5.35. The zero-order valence-electron chi connectivity index (χ0n) is 23.0. The summed E-state index contributed by atoms with van der Waals surface area (Å²) in [5, 5.41) is 2.71. The number of nitrogens with one attached hydrogen (secondary N) is 2. The van der Waals surface area contributed by atoms with Crippen LogP contribution >= 0.6 is 0 Å². The highest BCUT2D eigenvalue weighted by Crippen LogP contribution is 2.36. The average molecular weight is 572 g/mol. The third-order valence-electron chi connectivity index (χ3n) is 7.68. The van der Waals surface area contributed by atoms with E-state index >= 15 is 4.39 Å². The van der Waals surface area contributed by atoms with E-state index in [1.54, 1.807) is 6.07 Å². The summed E-state index contributed by atoms with van der Waals surface area (Å²) in [4.78, 5) is 42.3. The Morgan fingerprint density at radius 1 is 1.12 bits per heavy atom. The Bertz CT molecular complexity index is 1470. The van der Waals surface area contributed by atoms with Crippen LogP contribution in [-0.2, 0) is 4.74 Å². The normalized spacial score (nSPS) is 20.0. The number of ether oxygens (including phenoxy) is 1. The minimum atomic E-state index is -3.04. The lowest BCUT2D eigenvalue weighted by atomic mass is 10.0. The van der Waals surface area contributed by atoms with Gasteiger partial charge in [-0.15, -0.1) is 0 Å². The number of halogens is 3. The molecule has 2 saturated heterocycles. The van der Waals surface area contributed by atoms with Crippen LogP contribution in [-0.4, -0.2) is 84.3 Å². The van der Waals surface area contributed by atoms with E-state index in [1.807, 2.05) is 16.8 Å². The Labute approximate surface area is 235 Å². The Hall–Kier alpha value is -3.97. The Balaban J connectivity index is 1.57. The summed E-state index contributed by atoms with van der Waals surface area (Å²) in [5.41, 5.74) is -0.756. The van der Waals surface area contributed by atoms with E-state index in [4.69, 9.17) is 4.74 Å². The fraction of sp³-hybridized carbons (Fsp3) is 0.429. The molecule has 3 aromatic rings. The van der Waals surface area contributed by atoms with Crippen LogP contribution in [0.3, 0.4) is 0 Å². The van der Waals surface area contributed by atoms with Crippen LogP contribution in [0.2, 0.25) is 0 Å². The first-order valence-electron chi connectivity index (χ1n) is 13.4. The predicted octanol–water partition coefficient (Wildman–Crippen LogP) is 3.53. The highest BCUT2D eigenvalue weighted by Gasteiger charge is 2.30. The van der Waals surface area contributed by atoms with Gasteiger partial charge in [-0.25, -0.2) is 23.1 Å². The molecule has 2 aliphatic heterocycles. The van der Waals surface area contributed by atoms with Crippen LogP contribution in [0.25, 0.3) is 11.3 Å². The van der Waals surface area contributed by atoms with Gasteiger partial charge < -0.3 is 24.8 Å². The molecule has 1 aromatic carbocycles. The molecule has 5 rings (SSSR count). The molecular weight excluding hydrogens is 539 g/mol. The van der Waals surface area contributed by atoms with Crippen LogP contribution in [0.5, 0.6) is 0 Å². The number of carbonyl (C=O) groups excluding carboxylic acids is 1. The first-order chi connectivity index (χ1) is 19.6. The molecule has 2 aliphatic rings. The molecule has 2 unspecified atom stereocenters. The van der Waals surface area contributed by atoms with E-state index in [1.165, 1.54) is 18.3 Å². The summed E-state index contributed by atoms with van der Waals surface area (Å²) in [6.45, 7) is 7.45. The average Bonchev–Trinajstić information content (AvgIpc) is 2.96. The number of anilines is 3. The molecule has 1 amide bonds. The minimum absolute atomic E-state index is 0.117. The summed E-state index contributed by atoms with van der Waals surface area (Å²) >= 11 is 0. The number of H-pyrrole nitrogens is 1. The second-order valence-corrected chi connectivity index (χ2v) is 10.4. The monoisotopic (exact) mass is 571 g/mol. The van der Waals surface area contributed by atoms with Gasteiger partial charge in [-0.2, -0.15) is 0 Å². The molecule has 2 fully saturated rings. The number of aromatic nitrogens is 3. The number of amides is 1. The summed E-state index contributed by atoms with van der Waals surface area (Å²) < 4.78 is 48.6. The van der Waals surface area contributed by atoms with Gasteiger partial charge in [-0.05, 0) is 39.1 Å². The van der Waals surface area contributed by atoms with Crippen LogP contribution in [0.1, 0.15) is 36.2 Å². The third-order valence-corrected chi connectivity index (χ3v) is 7.68. The summed E-state index contributed by atoms with van der Waals surface area (Å²) in [5.74, 6) is -0.986. The molecule has 2 aromatic heterocycles. The maximum atomic E-state index is 15.8. The molecule has 0 spiro atoms. The largest absolute Gasteiger partial charge is 0.378 e. The number of nitrogens with zero attached hydrogens (tertiary/aromatic N) is 5. The van der Waals surface area contributed by atoms with Crippen molar-refractivity contribution in [3.05, 3.63) is 64.0 Å². The smallest absolute Gasteiger partial charge is 0.264 e. The number of pyridine rings is 1. The fourth-order valence-corrected chi connectivity index (χ4v) is 5.19. The van der Waals surface area contributed by atoms with Gasteiger partial charge in [0.1, 0.15) is 5.82 Å². The topological polar surface area (TPSA) is 107 Å². The van der Waals surface area contributed by atoms with Crippen molar-refractivity contribution in [3.63, 3.8) is 0 Å². The Morgan fingerprint density at radius 2 is 1.83 bits per heavy atom. The quantitative estimate of drug-likeness (QED) is 0.463. The number of piperazine rings is 1. The number of hydrogen-bond acceptors (Lipinski definition) is 8. The number of aromatic amines is 1. The van der Waals surface area contributed by atoms with E-state index in [-0.39, 0.29) is 28.9 Å². The van der Waals surface area contributed by atoms with Crippen molar-refractivity contribution in [3.8, 4) is 11.3 Å². The Morgan fingerprint density at radius 3 is 2.51 bits per heavy atom. The van der Waals surface area contributed by atoms with Crippen molar-refractivity contribution in [1.82, 2.24) is 19.9 Å². The molecule has 0 radical (unpaired) electrons. The maximum Gasteiger partial charge on any atom is 0.264 e. The van der Waals surface area contributed by atoms with E-state index in [2.05, 4.69) is 39.0 Å². The van der Waals surface area contributed by atoms with E-state index in [0.29, 0.717) is 62.8 Å². The lowest BCUT2D eigenvalue weighted by molar-refractivity contribution is 0.101. The molecule has 0 aliphatic carbocycles. The lowest BCUT2D eigenvalue weighted by Gasteiger charge is -2.44. The van der Waals surface area contributed by atoms with Crippen LogP contribution in [0.15, 0.2) is 41.5 Å². The second kappa shape index (κ2) is 11.9. The fourth-order valence-electron chi connectivity index (χ4n) is 5.19. The van der Waals surface area contributed by atoms with Crippen LogP contribution in [0.4, 0.5) is 30.5 Å². The molecule has 0 saturated carbocycles. The number of rotatable bonds is 6. The lowest BCUT2D eigenvalue weighted by Crippen LogP contribution is -2.55. The predicted molar refractivity (Wildman–Crippen MR) is 149 cm³/mol. The standard InChI is InChI=1S/C28H32F3N7O3/c1-16-14-38(15-17(2)36(16)3)24-12-21(29)19(22-4-5-32-28(35-22)37-6-8-41-9-7-37)10-23(24)34-27(40)20-13-33-25(39)11-18(20)26(30)31/h4-5,10-13,16-17,26H,6-9,14-15H2,1-3H3,(H,33,39)(H,34,40). The summed E-state index contributed by atoms with van der Waals surface area (Å²) in [7, 11) is 2.02. The number of benzene rings is 1. The van der Waals surface area contributed by atoms with E-state index < -0.39 is 29.3 Å².